The van der Waals surface area contributed by atoms with Gasteiger partial charge in [0.1, 0.15) is 10.6 Å². The molecule has 2 rings (SSSR count). The average Bonchev–Trinajstić information content (AvgIpc) is 2.47. The van der Waals surface area contributed by atoms with Gasteiger partial charge in [-0.05, 0) is 25.6 Å². The van der Waals surface area contributed by atoms with Crippen LogP contribution < -0.4 is 4.74 Å². The standard InChI is InChI=1S/C14H21ClN2O3S/c1-3-16-7-9-17(10-8-16)21(18,19)14-6-5-12(15)11-13(14)20-4-2/h5-6,11H,3-4,7-10H2,1-2H3. The summed E-state index contributed by atoms with van der Waals surface area (Å²) in [4.78, 5) is 2.43. The van der Waals surface area contributed by atoms with Crippen LogP contribution in [0.15, 0.2) is 23.1 Å². The minimum atomic E-state index is -3.54. The molecular weight excluding hydrogens is 312 g/mol. The first-order chi connectivity index (χ1) is 9.98. The second-order valence-electron chi connectivity index (χ2n) is 4.86. The third kappa shape index (κ3) is 3.69. The molecule has 0 atom stereocenters. The maximum absolute atomic E-state index is 12.8. The minimum Gasteiger partial charge on any atom is -0.492 e. The van der Waals surface area contributed by atoms with Gasteiger partial charge in [-0.25, -0.2) is 8.42 Å². The van der Waals surface area contributed by atoms with Crippen molar-refractivity contribution in [2.24, 2.45) is 0 Å². The van der Waals surface area contributed by atoms with E-state index in [0.717, 1.165) is 19.6 Å². The fraction of sp³-hybridized carbons (Fsp3) is 0.571. The average molecular weight is 333 g/mol. The van der Waals surface area contributed by atoms with Gasteiger partial charge in [-0.3, -0.25) is 0 Å². The highest BCUT2D eigenvalue weighted by atomic mass is 35.5. The molecule has 0 amide bonds. The molecule has 0 bridgehead atoms. The zero-order valence-electron chi connectivity index (χ0n) is 12.4. The quantitative estimate of drug-likeness (QED) is 0.828. The van der Waals surface area contributed by atoms with Gasteiger partial charge in [-0.2, -0.15) is 4.31 Å². The summed E-state index contributed by atoms with van der Waals surface area (Å²) in [7, 11) is -3.54. The summed E-state index contributed by atoms with van der Waals surface area (Å²) in [6.07, 6.45) is 0. The Balaban J connectivity index is 2.27. The largest absolute Gasteiger partial charge is 0.492 e. The second kappa shape index (κ2) is 6.96. The van der Waals surface area contributed by atoms with Gasteiger partial charge in [0.15, 0.2) is 0 Å². The Morgan fingerprint density at radius 2 is 1.86 bits per heavy atom. The van der Waals surface area contributed by atoms with E-state index in [0.29, 0.717) is 30.5 Å². The molecule has 0 saturated carbocycles. The topological polar surface area (TPSA) is 49.9 Å². The molecule has 0 spiro atoms. The molecular formula is C14H21ClN2O3S. The molecule has 21 heavy (non-hydrogen) atoms. The van der Waals surface area contributed by atoms with Gasteiger partial charge in [0, 0.05) is 37.3 Å². The zero-order chi connectivity index (χ0) is 15.5. The first-order valence-corrected chi connectivity index (χ1v) is 8.95. The molecule has 0 aliphatic carbocycles. The van der Waals surface area contributed by atoms with Crippen LogP contribution in [0.4, 0.5) is 0 Å². The number of sulfonamides is 1. The van der Waals surface area contributed by atoms with Gasteiger partial charge in [0.25, 0.3) is 0 Å². The monoisotopic (exact) mass is 332 g/mol. The van der Waals surface area contributed by atoms with Gasteiger partial charge >= 0.3 is 0 Å². The number of halogens is 1. The molecule has 1 aromatic carbocycles. The highest BCUT2D eigenvalue weighted by Crippen LogP contribution is 2.30. The number of benzene rings is 1. The van der Waals surface area contributed by atoms with Crippen molar-refractivity contribution in [3.8, 4) is 5.75 Å². The lowest BCUT2D eigenvalue weighted by Gasteiger charge is -2.33. The van der Waals surface area contributed by atoms with E-state index in [9.17, 15) is 8.42 Å². The normalized spacial score (nSPS) is 17.9. The van der Waals surface area contributed by atoms with E-state index < -0.39 is 10.0 Å². The summed E-state index contributed by atoms with van der Waals surface area (Å²) in [5.74, 6) is 0.322. The maximum atomic E-state index is 12.8. The molecule has 1 heterocycles. The molecule has 5 nitrogen and oxygen atoms in total. The van der Waals surface area contributed by atoms with Crippen molar-refractivity contribution in [3.05, 3.63) is 23.2 Å². The predicted molar refractivity (Wildman–Crippen MR) is 83.5 cm³/mol. The fourth-order valence-electron chi connectivity index (χ4n) is 2.39. The van der Waals surface area contributed by atoms with Crippen LogP contribution in [-0.4, -0.2) is 57.0 Å². The highest BCUT2D eigenvalue weighted by Gasteiger charge is 2.30. The van der Waals surface area contributed by atoms with Crippen LogP contribution in [0.2, 0.25) is 5.02 Å². The summed E-state index contributed by atoms with van der Waals surface area (Å²) < 4.78 is 32.5. The molecule has 0 N–H and O–H groups in total. The van der Waals surface area contributed by atoms with Crippen molar-refractivity contribution in [2.75, 3.05) is 39.3 Å². The highest BCUT2D eigenvalue weighted by molar-refractivity contribution is 7.89. The van der Waals surface area contributed by atoms with Gasteiger partial charge < -0.3 is 9.64 Å². The van der Waals surface area contributed by atoms with Crippen LogP contribution in [0.25, 0.3) is 0 Å². The van der Waals surface area contributed by atoms with E-state index in [2.05, 4.69) is 11.8 Å². The summed E-state index contributed by atoms with van der Waals surface area (Å²) >= 11 is 5.93. The van der Waals surface area contributed by atoms with Crippen LogP contribution in [0.3, 0.4) is 0 Å². The third-order valence-corrected chi connectivity index (χ3v) is 5.78. The first-order valence-electron chi connectivity index (χ1n) is 7.14. The molecule has 1 saturated heterocycles. The summed E-state index contributed by atoms with van der Waals surface area (Å²) in [5.41, 5.74) is 0. The number of piperazine rings is 1. The number of hydrogen-bond donors (Lipinski definition) is 0. The lowest BCUT2D eigenvalue weighted by atomic mass is 10.3. The van der Waals surface area contributed by atoms with E-state index in [1.54, 1.807) is 12.1 Å². The van der Waals surface area contributed by atoms with Gasteiger partial charge in [0.05, 0.1) is 6.61 Å². The lowest BCUT2D eigenvalue weighted by Crippen LogP contribution is -2.48. The molecule has 0 radical (unpaired) electrons. The van der Waals surface area contributed by atoms with Crippen LogP contribution >= 0.6 is 11.6 Å². The van der Waals surface area contributed by atoms with Crippen LogP contribution in [0, 0.1) is 0 Å². The predicted octanol–water partition coefficient (Wildman–Crippen LogP) is 2.06. The van der Waals surface area contributed by atoms with Gasteiger partial charge in [-0.1, -0.05) is 18.5 Å². The SMILES string of the molecule is CCOc1cc(Cl)ccc1S(=O)(=O)N1CCN(CC)CC1. The molecule has 1 aliphatic rings. The number of rotatable bonds is 5. The van der Waals surface area contributed by atoms with E-state index in [4.69, 9.17) is 16.3 Å². The van der Waals surface area contributed by atoms with E-state index >= 15 is 0 Å². The molecule has 0 aromatic heterocycles. The van der Waals surface area contributed by atoms with Crippen LogP contribution in [0.5, 0.6) is 5.75 Å². The fourth-order valence-corrected chi connectivity index (χ4v) is 4.08. The Labute approximate surface area is 131 Å². The van der Waals surface area contributed by atoms with Gasteiger partial charge in [-0.15, -0.1) is 0 Å². The van der Waals surface area contributed by atoms with E-state index in [1.807, 2.05) is 6.92 Å². The molecule has 118 valence electrons. The molecule has 1 aliphatic heterocycles. The second-order valence-corrected chi connectivity index (χ2v) is 7.21. The molecule has 0 unspecified atom stereocenters. The van der Waals surface area contributed by atoms with E-state index in [1.165, 1.54) is 10.4 Å². The van der Waals surface area contributed by atoms with Crippen molar-refractivity contribution < 1.29 is 13.2 Å². The number of ether oxygens (including phenoxy) is 1. The van der Waals surface area contributed by atoms with Crippen molar-refractivity contribution in [2.45, 2.75) is 18.7 Å². The number of likely N-dealkylation sites (N-methyl/N-ethyl adjacent to an activating group) is 1. The summed E-state index contributed by atoms with van der Waals surface area (Å²) in [6, 6.07) is 4.66. The Morgan fingerprint density at radius 1 is 1.19 bits per heavy atom. The molecule has 1 fully saturated rings. The van der Waals surface area contributed by atoms with Crippen molar-refractivity contribution in [1.82, 2.24) is 9.21 Å². The lowest BCUT2D eigenvalue weighted by molar-refractivity contribution is 0.196. The Kier molecular flexibility index (Phi) is 5.48. The van der Waals surface area contributed by atoms with Crippen molar-refractivity contribution >= 4 is 21.6 Å². The summed E-state index contributed by atoms with van der Waals surface area (Å²) in [5, 5.41) is 0.466. The number of nitrogens with zero attached hydrogens (tertiary/aromatic N) is 2. The molecule has 1 aromatic rings. The Hall–Kier alpha value is -0.820. The van der Waals surface area contributed by atoms with Crippen LogP contribution in [0.1, 0.15) is 13.8 Å². The first kappa shape index (κ1) is 16.5. The summed E-state index contributed by atoms with van der Waals surface area (Å²) in [6.45, 7) is 7.76. The third-order valence-electron chi connectivity index (χ3n) is 3.60. The maximum Gasteiger partial charge on any atom is 0.246 e. The number of hydrogen-bond acceptors (Lipinski definition) is 4. The Morgan fingerprint density at radius 3 is 2.43 bits per heavy atom. The molecule has 7 heteroatoms. The van der Waals surface area contributed by atoms with E-state index in [-0.39, 0.29) is 4.90 Å². The smallest absolute Gasteiger partial charge is 0.246 e. The van der Waals surface area contributed by atoms with Gasteiger partial charge in [0.2, 0.25) is 10.0 Å². The van der Waals surface area contributed by atoms with Crippen molar-refractivity contribution in [1.29, 1.82) is 0 Å². The minimum absolute atomic E-state index is 0.193. The Bertz CT molecular complexity index is 584. The van der Waals surface area contributed by atoms with Crippen LogP contribution in [-0.2, 0) is 10.0 Å². The zero-order valence-corrected chi connectivity index (χ0v) is 14.0. The van der Waals surface area contributed by atoms with Crippen molar-refractivity contribution in [3.63, 3.8) is 0 Å².